The van der Waals surface area contributed by atoms with E-state index in [1.54, 1.807) is 0 Å². The minimum Gasteiger partial charge on any atom is -0.381 e. The molecule has 2 saturated heterocycles. The Morgan fingerprint density at radius 1 is 1.14 bits per heavy atom. The van der Waals surface area contributed by atoms with Crippen molar-refractivity contribution < 1.29 is 4.74 Å². The van der Waals surface area contributed by atoms with Crippen LogP contribution < -0.4 is 4.90 Å². The van der Waals surface area contributed by atoms with Crippen LogP contribution in [0.5, 0.6) is 0 Å². The Balaban J connectivity index is 1.57. The molecule has 152 valence electrons. The summed E-state index contributed by atoms with van der Waals surface area (Å²) >= 11 is 0. The number of likely N-dealkylation sites (tertiary alicyclic amines) is 1. The number of hydrogen-bond donors (Lipinski definition) is 0. The Labute approximate surface area is 167 Å². The second-order valence-electron chi connectivity index (χ2n) is 9.46. The van der Waals surface area contributed by atoms with Crippen LogP contribution in [-0.2, 0) is 16.8 Å². The van der Waals surface area contributed by atoms with Crippen LogP contribution in [0.1, 0.15) is 50.8 Å². The molecule has 0 saturated carbocycles. The Morgan fingerprint density at radius 2 is 1.82 bits per heavy atom. The lowest BCUT2D eigenvalue weighted by molar-refractivity contribution is -0.139. The Bertz CT molecular complexity index is 801. The van der Waals surface area contributed by atoms with Crippen LogP contribution in [0.2, 0.25) is 0 Å². The minimum absolute atomic E-state index is 0.00842. The van der Waals surface area contributed by atoms with Crippen molar-refractivity contribution in [2.45, 2.75) is 51.7 Å². The van der Waals surface area contributed by atoms with Crippen molar-refractivity contribution in [3.63, 3.8) is 0 Å². The summed E-state index contributed by atoms with van der Waals surface area (Å²) < 4.78 is 7.75. The van der Waals surface area contributed by atoms with Crippen molar-refractivity contribution >= 4 is 5.95 Å². The lowest BCUT2D eigenvalue weighted by atomic mass is 9.64. The lowest BCUT2D eigenvalue weighted by Crippen LogP contribution is -2.59. The second kappa shape index (κ2) is 7.12. The molecule has 1 spiro atoms. The zero-order valence-corrected chi connectivity index (χ0v) is 17.7. The molecule has 4 heterocycles. The van der Waals surface area contributed by atoms with Gasteiger partial charge in [-0.15, -0.1) is 0 Å². The van der Waals surface area contributed by atoms with E-state index in [1.165, 1.54) is 5.56 Å². The highest BCUT2D eigenvalue weighted by Gasteiger charge is 2.53. The van der Waals surface area contributed by atoms with Crippen LogP contribution in [0.3, 0.4) is 0 Å². The number of hydrogen-bond acceptors (Lipinski definition) is 6. The maximum absolute atomic E-state index is 5.67. The first kappa shape index (κ1) is 19.3. The Hall–Kier alpha value is -1.99. The molecule has 1 atom stereocenters. The molecule has 1 unspecified atom stereocenters. The monoisotopic (exact) mass is 384 g/mol. The van der Waals surface area contributed by atoms with Gasteiger partial charge in [0, 0.05) is 81.6 Å². The maximum Gasteiger partial charge on any atom is 0.224 e. The molecule has 2 aromatic heterocycles. The summed E-state index contributed by atoms with van der Waals surface area (Å²) in [6.45, 7) is 10.2. The fourth-order valence-corrected chi connectivity index (χ4v) is 4.52. The molecule has 28 heavy (non-hydrogen) atoms. The molecule has 0 radical (unpaired) electrons. The zero-order chi connectivity index (χ0) is 19.9. The van der Waals surface area contributed by atoms with Crippen LogP contribution in [-0.4, -0.2) is 58.5 Å². The standard InChI is InChI=1S/C21H32N6O/c1-20(2,3)27-14-17(12-24-27)18-21(6-8-28-9-7-21)15-26(18)13-16-10-22-19(23-11-16)25(4)5/h10-12,14,18H,6-9,13,15H2,1-5H3. The van der Waals surface area contributed by atoms with Crippen molar-refractivity contribution in [2.24, 2.45) is 5.41 Å². The van der Waals surface area contributed by atoms with Gasteiger partial charge in [0.25, 0.3) is 0 Å². The molecule has 7 heteroatoms. The summed E-state index contributed by atoms with van der Waals surface area (Å²) in [7, 11) is 3.92. The summed E-state index contributed by atoms with van der Waals surface area (Å²) in [4.78, 5) is 13.4. The highest BCUT2D eigenvalue weighted by atomic mass is 16.5. The van der Waals surface area contributed by atoms with Gasteiger partial charge in [-0.2, -0.15) is 5.10 Å². The van der Waals surface area contributed by atoms with Gasteiger partial charge in [-0.25, -0.2) is 9.97 Å². The van der Waals surface area contributed by atoms with Gasteiger partial charge in [0.2, 0.25) is 5.95 Å². The third-order valence-corrected chi connectivity index (χ3v) is 6.03. The second-order valence-corrected chi connectivity index (χ2v) is 9.46. The third kappa shape index (κ3) is 3.53. The molecule has 0 bridgehead atoms. The fraction of sp³-hybridized carbons (Fsp3) is 0.667. The van der Waals surface area contributed by atoms with Gasteiger partial charge in [0.15, 0.2) is 0 Å². The Kier molecular flexibility index (Phi) is 4.91. The maximum atomic E-state index is 5.67. The van der Waals surface area contributed by atoms with E-state index in [0.29, 0.717) is 11.5 Å². The third-order valence-electron chi connectivity index (χ3n) is 6.03. The van der Waals surface area contributed by atoms with Gasteiger partial charge in [-0.05, 0) is 33.6 Å². The van der Waals surface area contributed by atoms with E-state index in [-0.39, 0.29) is 5.54 Å². The SMILES string of the molecule is CN(C)c1ncc(CN2CC3(CCOCC3)C2c2cnn(C(C)(C)C)c2)cn1. The summed E-state index contributed by atoms with van der Waals surface area (Å²) in [6, 6.07) is 0.376. The van der Waals surface area contributed by atoms with E-state index in [2.05, 4.69) is 57.8 Å². The van der Waals surface area contributed by atoms with Crippen LogP contribution >= 0.6 is 0 Å². The Morgan fingerprint density at radius 3 is 2.39 bits per heavy atom. The van der Waals surface area contributed by atoms with Gasteiger partial charge in [-0.3, -0.25) is 9.58 Å². The summed E-state index contributed by atoms with van der Waals surface area (Å²) in [6.07, 6.45) is 10.4. The molecule has 2 aliphatic heterocycles. The molecule has 0 N–H and O–H groups in total. The lowest BCUT2D eigenvalue weighted by Gasteiger charge is -2.59. The molecule has 7 nitrogen and oxygen atoms in total. The number of nitrogens with zero attached hydrogens (tertiary/aromatic N) is 6. The van der Waals surface area contributed by atoms with E-state index in [1.807, 2.05) is 31.4 Å². The van der Waals surface area contributed by atoms with E-state index >= 15 is 0 Å². The summed E-state index contributed by atoms with van der Waals surface area (Å²) in [5.41, 5.74) is 2.76. The predicted molar refractivity (Wildman–Crippen MR) is 109 cm³/mol. The number of ether oxygens (including phenoxy) is 1. The quantitative estimate of drug-likeness (QED) is 0.808. The molecular formula is C21H32N6O. The molecule has 4 rings (SSSR count). The normalized spacial score (nSPS) is 22.2. The van der Waals surface area contributed by atoms with Crippen LogP contribution in [0.4, 0.5) is 5.95 Å². The van der Waals surface area contributed by atoms with Crippen molar-refractivity contribution in [3.8, 4) is 0 Å². The average molecular weight is 385 g/mol. The van der Waals surface area contributed by atoms with Gasteiger partial charge < -0.3 is 9.64 Å². The first-order valence-electron chi connectivity index (χ1n) is 10.1. The molecule has 2 aliphatic rings. The number of aromatic nitrogens is 4. The van der Waals surface area contributed by atoms with Gasteiger partial charge in [0.05, 0.1) is 11.7 Å². The van der Waals surface area contributed by atoms with Gasteiger partial charge >= 0.3 is 0 Å². The molecule has 2 aromatic rings. The average Bonchev–Trinajstić information content (AvgIpc) is 3.12. The molecule has 0 amide bonds. The molecular weight excluding hydrogens is 352 g/mol. The van der Waals surface area contributed by atoms with E-state index in [0.717, 1.165) is 50.7 Å². The topological polar surface area (TPSA) is 59.3 Å². The summed E-state index contributed by atoms with van der Waals surface area (Å²) in [5, 5.41) is 4.67. The number of anilines is 1. The van der Waals surface area contributed by atoms with Crippen molar-refractivity contribution in [1.82, 2.24) is 24.6 Å². The van der Waals surface area contributed by atoms with Crippen molar-refractivity contribution in [3.05, 3.63) is 35.9 Å². The van der Waals surface area contributed by atoms with Crippen LogP contribution in [0.25, 0.3) is 0 Å². The van der Waals surface area contributed by atoms with Crippen molar-refractivity contribution in [1.29, 1.82) is 0 Å². The highest BCUT2D eigenvalue weighted by molar-refractivity contribution is 5.28. The predicted octanol–water partition coefficient (Wildman–Crippen LogP) is 2.85. The minimum atomic E-state index is -0.00842. The highest BCUT2D eigenvalue weighted by Crippen LogP contribution is 2.55. The smallest absolute Gasteiger partial charge is 0.224 e. The van der Waals surface area contributed by atoms with Gasteiger partial charge in [-0.1, -0.05) is 0 Å². The van der Waals surface area contributed by atoms with Crippen molar-refractivity contribution in [2.75, 3.05) is 38.8 Å². The van der Waals surface area contributed by atoms with E-state index in [4.69, 9.17) is 4.74 Å². The zero-order valence-electron chi connectivity index (χ0n) is 17.7. The van der Waals surface area contributed by atoms with Gasteiger partial charge in [0.1, 0.15) is 0 Å². The van der Waals surface area contributed by atoms with E-state index in [9.17, 15) is 0 Å². The molecule has 0 aromatic carbocycles. The first-order chi connectivity index (χ1) is 13.3. The molecule has 0 aliphatic carbocycles. The first-order valence-corrected chi connectivity index (χ1v) is 10.1. The van der Waals surface area contributed by atoms with E-state index < -0.39 is 0 Å². The summed E-state index contributed by atoms with van der Waals surface area (Å²) in [5.74, 6) is 0.747. The van der Waals surface area contributed by atoms with Crippen LogP contribution in [0.15, 0.2) is 24.8 Å². The number of rotatable bonds is 4. The van der Waals surface area contributed by atoms with Crippen LogP contribution in [0, 0.1) is 5.41 Å². The largest absolute Gasteiger partial charge is 0.381 e. The molecule has 2 fully saturated rings. The fourth-order valence-electron chi connectivity index (χ4n) is 4.52.